The van der Waals surface area contributed by atoms with Gasteiger partial charge in [-0.05, 0) is 19.9 Å². The largest absolute Gasteiger partial charge is 0.391 e. The number of hydrogen-bond donors (Lipinski definition) is 2. The molecule has 0 amide bonds. The first-order valence-electron chi connectivity index (χ1n) is 5.02. The topological polar surface area (TPSA) is 54.4 Å². The minimum absolute atomic E-state index is 0.298. The van der Waals surface area contributed by atoms with Crippen molar-refractivity contribution in [1.82, 2.24) is 10.3 Å². The van der Waals surface area contributed by atoms with Crippen molar-refractivity contribution in [1.29, 1.82) is 0 Å². The van der Waals surface area contributed by atoms with E-state index >= 15 is 0 Å². The number of nitrogens with zero attached hydrogens (tertiary/aromatic N) is 1. The van der Waals surface area contributed by atoms with Crippen LogP contribution in [0.5, 0.6) is 0 Å². The van der Waals surface area contributed by atoms with Gasteiger partial charge < -0.3 is 15.2 Å². The van der Waals surface area contributed by atoms with Gasteiger partial charge in [-0.3, -0.25) is 4.98 Å². The van der Waals surface area contributed by atoms with E-state index in [1.54, 1.807) is 18.4 Å². The summed E-state index contributed by atoms with van der Waals surface area (Å²) in [6.07, 6.45) is 2.20. The third kappa shape index (κ3) is 4.70. The number of ether oxygens (including phenoxy) is 1. The molecule has 1 aromatic rings. The molecule has 0 aromatic carbocycles. The Morgan fingerprint density at radius 1 is 1.67 bits per heavy atom. The fraction of sp³-hybridized carbons (Fsp3) is 0.700. The summed E-state index contributed by atoms with van der Waals surface area (Å²) in [4.78, 5) is 5.24. The van der Waals surface area contributed by atoms with Crippen molar-refractivity contribution in [3.8, 4) is 0 Å². The lowest BCUT2D eigenvalue weighted by Gasteiger charge is -2.13. The Bertz CT molecular complexity index is 254. The number of aliphatic hydroxyl groups is 1. The van der Waals surface area contributed by atoms with Crippen LogP contribution in [0.3, 0.4) is 0 Å². The SMILES string of the molecule is COCC(O)CCNC(C)c1cncs1. The Hall–Kier alpha value is -0.490. The maximum Gasteiger partial charge on any atom is 0.0794 e. The summed E-state index contributed by atoms with van der Waals surface area (Å²) < 4.78 is 4.85. The van der Waals surface area contributed by atoms with Crippen molar-refractivity contribution >= 4 is 11.3 Å². The van der Waals surface area contributed by atoms with E-state index in [-0.39, 0.29) is 6.10 Å². The van der Waals surface area contributed by atoms with Crippen LogP contribution in [0.15, 0.2) is 11.7 Å². The molecule has 2 unspecified atom stereocenters. The van der Waals surface area contributed by atoms with Gasteiger partial charge in [0.2, 0.25) is 0 Å². The lowest BCUT2D eigenvalue weighted by atomic mass is 10.2. The Kier molecular flexibility index (Phi) is 5.78. The third-order valence-electron chi connectivity index (χ3n) is 2.17. The van der Waals surface area contributed by atoms with Crippen molar-refractivity contribution in [2.75, 3.05) is 20.3 Å². The fourth-order valence-electron chi connectivity index (χ4n) is 1.28. The van der Waals surface area contributed by atoms with Gasteiger partial charge in [-0.25, -0.2) is 0 Å². The molecule has 2 atom stereocenters. The number of rotatable bonds is 7. The first-order valence-corrected chi connectivity index (χ1v) is 5.90. The standard InChI is InChI=1S/C10H18N2O2S/c1-8(10-5-11-7-15-10)12-4-3-9(13)6-14-2/h5,7-9,12-13H,3-4,6H2,1-2H3. The first-order chi connectivity index (χ1) is 7.24. The molecule has 0 aliphatic heterocycles. The number of methoxy groups -OCH3 is 1. The summed E-state index contributed by atoms with van der Waals surface area (Å²) in [7, 11) is 1.59. The number of hydrogen-bond acceptors (Lipinski definition) is 5. The molecule has 0 spiro atoms. The smallest absolute Gasteiger partial charge is 0.0794 e. The quantitative estimate of drug-likeness (QED) is 0.739. The van der Waals surface area contributed by atoms with Crippen LogP contribution in [0.2, 0.25) is 0 Å². The Balaban J connectivity index is 2.15. The van der Waals surface area contributed by atoms with Crippen molar-refractivity contribution in [3.05, 3.63) is 16.6 Å². The fourth-order valence-corrected chi connectivity index (χ4v) is 1.93. The summed E-state index contributed by atoms with van der Waals surface area (Å²) in [5, 5.41) is 12.7. The number of aliphatic hydroxyl groups excluding tert-OH is 1. The zero-order chi connectivity index (χ0) is 11.1. The second kappa shape index (κ2) is 6.90. The van der Waals surface area contributed by atoms with Crippen LogP contribution in [-0.4, -0.2) is 36.5 Å². The van der Waals surface area contributed by atoms with Gasteiger partial charge in [0.1, 0.15) is 0 Å². The Labute approximate surface area is 94.3 Å². The molecule has 0 radical (unpaired) electrons. The van der Waals surface area contributed by atoms with Crippen LogP contribution in [-0.2, 0) is 4.74 Å². The number of nitrogens with one attached hydrogen (secondary N) is 1. The highest BCUT2D eigenvalue weighted by Crippen LogP contribution is 2.15. The van der Waals surface area contributed by atoms with Crippen molar-refractivity contribution in [3.63, 3.8) is 0 Å². The molecule has 0 saturated carbocycles. The van der Waals surface area contributed by atoms with Crippen LogP contribution in [0.1, 0.15) is 24.3 Å². The van der Waals surface area contributed by atoms with E-state index < -0.39 is 0 Å². The summed E-state index contributed by atoms with van der Waals surface area (Å²) in [6.45, 7) is 3.27. The van der Waals surface area contributed by atoms with E-state index in [1.165, 1.54) is 4.88 Å². The second-order valence-corrected chi connectivity index (χ2v) is 4.40. The maximum absolute atomic E-state index is 9.42. The Morgan fingerprint density at radius 2 is 2.47 bits per heavy atom. The molecule has 1 aromatic heterocycles. The van der Waals surface area contributed by atoms with Gasteiger partial charge in [0.25, 0.3) is 0 Å². The van der Waals surface area contributed by atoms with Crippen LogP contribution in [0.25, 0.3) is 0 Å². The molecule has 1 rings (SSSR count). The van der Waals surface area contributed by atoms with Crippen molar-refractivity contribution in [2.24, 2.45) is 0 Å². The summed E-state index contributed by atoms with van der Waals surface area (Å²) >= 11 is 1.64. The molecule has 1 heterocycles. The third-order valence-corrected chi connectivity index (χ3v) is 3.12. The second-order valence-electron chi connectivity index (χ2n) is 3.48. The molecule has 15 heavy (non-hydrogen) atoms. The summed E-state index contributed by atoms with van der Waals surface area (Å²) in [6, 6.07) is 0.298. The average Bonchev–Trinajstić information content (AvgIpc) is 2.70. The van der Waals surface area contributed by atoms with E-state index in [1.807, 2.05) is 11.7 Å². The minimum Gasteiger partial charge on any atom is -0.391 e. The van der Waals surface area contributed by atoms with Gasteiger partial charge in [0, 0.05) is 24.2 Å². The zero-order valence-electron chi connectivity index (χ0n) is 9.14. The van der Waals surface area contributed by atoms with E-state index in [0.29, 0.717) is 19.1 Å². The predicted octanol–water partition coefficient (Wildman–Crippen LogP) is 1.19. The van der Waals surface area contributed by atoms with Crippen LogP contribution in [0.4, 0.5) is 0 Å². The summed E-state index contributed by atoms with van der Waals surface area (Å²) in [5.41, 5.74) is 1.83. The first kappa shape index (κ1) is 12.6. The highest BCUT2D eigenvalue weighted by atomic mass is 32.1. The maximum atomic E-state index is 9.42. The van der Waals surface area contributed by atoms with Gasteiger partial charge in [-0.2, -0.15) is 0 Å². The van der Waals surface area contributed by atoms with Gasteiger partial charge >= 0.3 is 0 Å². The van der Waals surface area contributed by atoms with Gasteiger partial charge in [0.05, 0.1) is 18.2 Å². The van der Waals surface area contributed by atoms with E-state index in [4.69, 9.17) is 4.74 Å². The van der Waals surface area contributed by atoms with Crippen molar-refractivity contribution < 1.29 is 9.84 Å². The van der Waals surface area contributed by atoms with Crippen LogP contribution < -0.4 is 5.32 Å². The van der Waals surface area contributed by atoms with Crippen LogP contribution in [0, 0.1) is 0 Å². The number of aromatic nitrogens is 1. The van der Waals surface area contributed by atoms with Gasteiger partial charge in [0.15, 0.2) is 0 Å². The average molecular weight is 230 g/mol. The molecule has 0 saturated heterocycles. The highest BCUT2D eigenvalue weighted by Gasteiger charge is 2.07. The molecule has 0 aliphatic rings. The van der Waals surface area contributed by atoms with Gasteiger partial charge in [-0.1, -0.05) is 0 Å². The van der Waals surface area contributed by atoms with E-state index in [0.717, 1.165) is 6.54 Å². The van der Waals surface area contributed by atoms with E-state index in [2.05, 4.69) is 17.2 Å². The van der Waals surface area contributed by atoms with Crippen LogP contribution >= 0.6 is 11.3 Å². The number of thiazole rings is 1. The predicted molar refractivity (Wildman–Crippen MR) is 61.0 cm³/mol. The molecule has 86 valence electrons. The molecular formula is C10H18N2O2S. The lowest BCUT2D eigenvalue weighted by Crippen LogP contribution is -2.25. The van der Waals surface area contributed by atoms with Gasteiger partial charge in [-0.15, -0.1) is 11.3 Å². The molecule has 0 aliphatic carbocycles. The van der Waals surface area contributed by atoms with Crippen molar-refractivity contribution in [2.45, 2.75) is 25.5 Å². The molecular weight excluding hydrogens is 212 g/mol. The Morgan fingerprint density at radius 3 is 3.07 bits per heavy atom. The summed E-state index contributed by atoms with van der Waals surface area (Å²) in [5.74, 6) is 0. The monoisotopic (exact) mass is 230 g/mol. The molecule has 5 heteroatoms. The zero-order valence-corrected chi connectivity index (χ0v) is 9.96. The molecule has 0 fully saturated rings. The van der Waals surface area contributed by atoms with E-state index in [9.17, 15) is 5.11 Å². The molecule has 0 bridgehead atoms. The molecule has 2 N–H and O–H groups in total. The highest BCUT2D eigenvalue weighted by molar-refractivity contribution is 7.09. The molecule has 4 nitrogen and oxygen atoms in total. The minimum atomic E-state index is -0.379. The normalized spacial score (nSPS) is 15.1. The lowest BCUT2D eigenvalue weighted by molar-refractivity contribution is 0.0591.